The highest BCUT2D eigenvalue weighted by molar-refractivity contribution is 5.60. The Hall–Kier alpha value is -0.630. The third kappa shape index (κ3) is 2.06. The van der Waals surface area contributed by atoms with Crippen LogP contribution in [0.1, 0.15) is 38.5 Å². The molecule has 0 amide bonds. The number of carbonyl (C=O) groups excluding carboxylic acids is 1. The topological polar surface area (TPSA) is 26.3 Å². The zero-order valence-corrected chi connectivity index (χ0v) is 8.63. The molecule has 0 spiro atoms. The van der Waals surface area contributed by atoms with Gasteiger partial charge in [0, 0.05) is 6.61 Å². The summed E-state index contributed by atoms with van der Waals surface area (Å²) in [6.45, 7) is 1.46. The third-order valence-corrected chi connectivity index (χ3v) is 3.32. The number of hydrogen-bond acceptors (Lipinski definition) is 2. The molecule has 1 aliphatic heterocycles. The van der Waals surface area contributed by atoms with Crippen LogP contribution in [0.4, 0.5) is 0 Å². The molecule has 1 unspecified atom stereocenters. The number of ether oxygens (including phenoxy) is 1. The fourth-order valence-electron chi connectivity index (χ4n) is 2.50. The van der Waals surface area contributed by atoms with E-state index in [-0.39, 0.29) is 5.41 Å². The van der Waals surface area contributed by atoms with Crippen molar-refractivity contribution < 1.29 is 9.53 Å². The summed E-state index contributed by atoms with van der Waals surface area (Å²) >= 11 is 0. The first-order valence-electron chi connectivity index (χ1n) is 5.57. The van der Waals surface area contributed by atoms with Crippen molar-refractivity contribution in [3.8, 4) is 0 Å². The van der Waals surface area contributed by atoms with Crippen LogP contribution in [0.3, 0.4) is 0 Å². The van der Waals surface area contributed by atoms with E-state index >= 15 is 0 Å². The fourth-order valence-corrected chi connectivity index (χ4v) is 2.50. The van der Waals surface area contributed by atoms with Gasteiger partial charge in [-0.05, 0) is 38.5 Å². The lowest BCUT2D eigenvalue weighted by atomic mass is 9.78. The average Bonchev–Trinajstić information content (AvgIpc) is 2.72. The van der Waals surface area contributed by atoms with Gasteiger partial charge in [-0.2, -0.15) is 0 Å². The normalized spacial score (nSPS) is 32.7. The predicted molar refractivity (Wildman–Crippen MR) is 55.1 cm³/mol. The van der Waals surface area contributed by atoms with Gasteiger partial charge in [-0.1, -0.05) is 11.6 Å². The molecule has 1 aliphatic carbocycles. The predicted octanol–water partition coefficient (Wildman–Crippen LogP) is 2.48. The molecule has 0 saturated carbocycles. The van der Waals surface area contributed by atoms with Crippen molar-refractivity contribution in [3.05, 3.63) is 11.6 Å². The Morgan fingerprint density at radius 2 is 2.43 bits per heavy atom. The molecule has 0 aromatic rings. The average molecular weight is 194 g/mol. The minimum Gasteiger partial charge on any atom is -0.380 e. The van der Waals surface area contributed by atoms with Crippen LogP contribution >= 0.6 is 0 Å². The quantitative estimate of drug-likeness (QED) is 0.509. The lowest BCUT2D eigenvalue weighted by molar-refractivity contribution is -0.123. The summed E-state index contributed by atoms with van der Waals surface area (Å²) in [5.41, 5.74) is 1.29. The molecule has 0 radical (unpaired) electrons. The Labute approximate surface area is 85.3 Å². The van der Waals surface area contributed by atoms with E-state index in [4.69, 9.17) is 4.74 Å². The number of hydrogen-bond donors (Lipinski definition) is 0. The van der Waals surface area contributed by atoms with Crippen molar-refractivity contribution in [1.29, 1.82) is 0 Å². The van der Waals surface area contributed by atoms with Gasteiger partial charge in [0.05, 0.1) is 12.0 Å². The molecule has 14 heavy (non-hydrogen) atoms. The first-order valence-corrected chi connectivity index (χ1v) is 5.57. The maximum absolute atomic E-state index is 11.2. The number of allylic oxidation sites excluding steroid dienone is 2. The minimum atomic E-state index is -0.186. The molecule has 2 heteroatoms. The molecule has 1 atom stereocenters. The van der Waals surface area contributed by atoms with Gasteiger partial charge < -0.3 is 9.53 Å². The van der Waals surface area contributed by atoms with Crippen LogP contribution in [0.5, 0.6) is 0 Å². The monoisotopic (exact) mass is 194 g/mol. The summed E-state index contributed by atoms with van der Waals surface area (Å²) in [4.78, 5) is 11.2. The second kappa shape index (κ2) is 4.26. The van der Waals surface area contributed by atoms with Crippen molar-refractivity contribution >= 4 is 6.29 Å². The highest BCUT2D eigenvalue weighted by atomic mass is 16.5. The van der Waals surface area contributed by atoms with Gasteiger partial charge in [0.2, 0.25) is 0 Å². The largest absolute Gasteiger partial charge is 0.380 e. The molecule has 1 heterocycles. The first-order chi connectivity index (χ1) is 6.85. The van der Waals surface area contributed by atoms with E-state index in [0.29, 0.717) is 6.61 Å². The highest BCUT2D eigenvalue weighted by Gasteiger charge is 2.33. The molecule has 1 saturated heterocycles. The van der Waals surface area contributed by atoms with Crippen molar-refractivity contribution in [3.63, 3.8) is 0 Å². The summed E-state index contributed by atoms with van der Waals surface area (Å²) in [6, 6.07) is 0. The lowest BCUT2D eigenvalue weighted by Gasteiger charge is -2.32. The number of aldehydes is 1. The van der Waals surface area contributed by atoms with E-state index in [0.717, 1.165) is 32.2 Å². The molecule has 0 bridgehead atoms. The Balaban J connectivity index is 1.99. The van der Waals surface area contributed by atoms with Crippen molar-refractivity contribution in [2.75, 3.05) is 13.2 Å². The second-order valence-electron chi connectivity index (χ2n) is 4.57. The Morgan fingerprint density at radius 1 is 1.50 bits per heavy atom. The minimum absolute atomic E-state index is 0.186. The molecular formula is C12H18O2. The molecule has 0 aromatic heterocycles. The zero-order valence-electron chi connectivity index (χ0n) is 8.63. The van der Waals surface area contributed by atoms with Crippen LogP contribution in [0.15, 0.2) is 11.6 Å². The molecule has 2 rings (SSSR count). The first kappa shape index (κ1) is 9.91. The lowest BCUT2D eigenvalue weighted by Crippen LogP contribution is -2.33. The van der Waals surface area contributed by atoms with Gasteiger partial charge in [-0.25, -0.2) is 0 Å². The molecule has 2 nitrogen and oxygen atoms in total. The summed E-state index contributed by atoms with van der Waals surface area (Å²) in [5, 5.41) is 0. The van der Waals surface area contributed by atoms with Crippen molar-refractivity contribution in [1.82, 2.24) is 0 Å². The summed E-state index contributed by atoms with van der Waals surface area (Å²) < 4.78 is 5.43. The van der Waals surface area contributed by atoms with Crippen molar-refractivity contribution in [2.45, 2.75) is 38.5 Å². The summed E-state index contributed by atoms with van der Waals surface area (Å²) in [5.74, 6) is 0. The van der Waals surface area contributed by atoms with E-state index in [9.17, 15) is 4.79 Å². The SMILES string of the molecule is O=CC1(CC2=CCCC2)CCCOC1. The fraction of sp³-hybridized carbons (Fsp3) is 0.750. The molecular weight excluding hydrogens is 176 g/mol. The molecule has 1 fully saturated rings. The van der Waals surface area contributed by atoms with Gasteiger partial charge in [-0.15, -0.1) is 0 Å². The van der Waals surface area contributed by atoms with Gasteiger partial charge in [-0.3, -0.25) is 0 Å². The Morgan fingerprint density at radius 3 is 3.00 bits per heavy atom. The van der Waals surface area contributed by atoms with Crippen LogP contribution in [-0.2, 0) is 9.53 Å². The van der Waals surface area contributed by atoms with Gasteiger partial charge in [0.1, 0.15) is 6.29 Å². The maximum Gasteiger partial charge on any atom is 0.128 e. The smallest absolute Gasteiger partial charge is 0.128 e. The molecule has 0 N–H and O–H groups in total. The van der Waals surface area contributed by atoms with Crippen LogP contribution in [0.2, 0.25) is 0 Å². The van der Waals surface area contributed by atoms with Crippen molar-refractivity contribution in [2.24, 2.45) is 5.41 Å². The van der Waals surface area contributed by atoms with E-state index in [1.165, 1.54) is 24.8 Å². The standard InChI is InChI=1S/C12H18O2/c13-9-12(6-3-7-14-10-12)8-11-4-1-2-5-11/h4,9H,1-3,5-8,10H2. The highest BCUT2D eigenvalue weighted by Crippen LogP contribution is 2.36. The van der Waals surface area contributed by atoms with Gasteiger partial charge in [0.25, 0.3) is 0 Å². The van der Waals surface area contributed by atoms with Crippen LogP contribution in [0.25, 0.3) is 0 Å². The molecule has 78 valence electrons. The van der Waals surface area contributed by atoms with Crippen LogP contribution in [-0.4, -0.2) is 19.5 Å². The maximum atomic E-state index is 11.2. The number of carbonyl (C=O) groups is 1. The van der Waals surface area contributed by atoms with E-state index < -0.39 is 0 Å². The van der Waals surface area contributed by atoms with Gasteiger partial charge >= 0.3 is 0 Å². The summed E-state index contributed by atoms with van der Waals surface area (Å²) in [6.07, 6.45) is 10.1. The van der Waals surface area contributed by atoms with Crippen LogP contribution in [0, 0.1) is 5.41 Å². The zero-order chi connectivity index (χ0) is 9.86. The molecule has 0 aromatic carbocycles. The second-order valence-corrected chi connectivity index (χ2v) is 4.57. The van der Waals surface area contributed by atoms with E-state index in [2.05, 4.69) is 6.08 Å². The number of rotatable bonds is 3. The Kier molecular flexibility index (Phi) is 3.02. The molecule has 2 aliphatic rings. The van der Waals surface area contributed by atoms with E-state index in [1.54, 1.807) is 0 Å². The third-order valence-electron chi connectivity index (χ3n) is 3.32. The van der Waals surface area contributed by atoms with Gasteiger partial charge in [0.15, 0.2) is 0 Å². The Bertz CT molecular complexity index is 237. The van der Waals surface area contributed by atoms with Crippen LogP contribution < -0.4 is 0 Å². The van der Waals surface area contributed by atoms with E-state index in [1.807, 2.05) is 0 Å². The summed E-state index contributed by atoms with van der Waals surface area (Å²) in [7, 11) is 0.